The van der Waals surface area contributed by atoms with Gasteiger partial charge in [-0.2, -0.15) is 0 Å². The summed E-state index contributed by atoms with van der Waals surface area (Å²) in [6.45, 7) is 0. The van der Waals surface area contributed by atoms with Gasteiger partial charge in [0.25, 0.3) is 5.56 Å². The quantitative estimate of drug-likeness (QED) is 0.877. The summed E-state index contributed by atoms with van der Waals surface area (Å²) in [4.78, 5) is 28.0. The third-order valence-electron chi connectivity index (χ3n) is 4.07. The second-order valence-corrected chi connectivity index (χ2v) is 5.64. The van der Waals surface area contributed by atoms with E-state index < -0.39 is 5.97 Å². The Kier molecular flexibility index (Phi) is 4.41. The van der Waals surface area contributed by atoms with Gasteiger partial charge in [0, 0.05) is 18.3 Å². The molecule has 0 atom stereocenters. The van der Waals surface area contributed by atoms with E-state index in [0.29, 0.717) is 17.3 Å². The zero-order valence-electron chi connectivity index (χ0n) is 13.0. The Balaban J connectivity index is 1.83. The van der Waals surface area contributed by atoms with E-state index in [4.69, 9.17) is 0 Å². The Bertz CT molecular complexity index is 746. The first kappa shape index (κ1) is 15.3. The van der Waals surface area contributed by atoms with Gasteiger partial charge in [0.15, 0.2) is 0 Å². The second-order valence-electron chi connectivity index (χ2n) is 5.64. The molecule has 2 aromatic rings. The van der Waals surface area contributed by atoms with E-state index in [1.165, 1.54) is 55.7 Å². The van der Waals surface area contributed by atoms with Crippen molar-refractivity contribution >= 4 is 11.8 Å². The highest BCUT2D eigenvalue weighted by Crippen LogP contribution is 2.21. The minimum Gasteiger partial charge on any atom is -0.465 e. The van der Waals surface area contributed by atoms with Crippen molar-refractivity contribution < 1.29 is 9.53 Å². The van der Waals surface area contributed by atoms with Crippen LogP contribution in [0, 0.1) is 0 Å². The maximum atomic E-state index is 12.0. The lowest BCUT2D eigenvalue weighted by Crippen LogP contribution is -2.19. The molecule has 0 radical (unpaired) electrons. The lowest BCUT2D eigenvalue weighted by Gasteiger charge is -2.13. The molecule has 1 saturated carbocycles. The minimum atomic E-state index is -0.480. The van der Waals surface area contributed by atoms with Crippen LogP contribution in [0.2, 0.25) is 0 Å². The molecule has 23 heavy (non-hydrogen) atoms. The summed E-state index contributed by atoms with van der Waals surface area (Å²) in [6.07, 6.45) is 7.94. The van der Waals surface area contributed by atoms with Gasteiger partial charge in [0.05, 0.1) is 24.6 Å². The maximum absolute atomic E-state index is 12.0. The molecule has 120 valence electrons. The van der Waals surface area contributed by atoms with Crippen LogP contribution in [0.4, 0.5) is 5.82 Å². The number of carbonyl (C=O) groups excluding carboxylic acids is 1. The number of hydrogen-bond acceptors (Lipinski definition) is 5. The third kappa shape index (κ3) is 3.41. The van der Waals surface area contributed by atoms with Gasteiger partial charge in [-0.3, -0.25) is 9.36 Å². The Morgan fingerprint density at radius 2 is 2.04 bits per heavy atom. The number of anilines is 1. The summed E-state index contributed by atoms with van der Waals surface area (Å²) in [5.41, 5.74) is 0.703. The number of esters is 1. The van der Waals surface area contributed by atoms with Crippen molar-refractivity contribution in [3.8, 4) is 5.69 Å². The summed E-state index contributed by atoms with van der Waals surface area (Å²) in [7, 11) is 1.31. The topological polar surface area (TPSA) is 73.2 Å². The highest BCUT2D eigenvalue weighted by molar-refractivity contribution is 5.88. The molecule has 6 heteroatoms. The zero-order valence-corrected chi connectivity index (χ0v) is 13.0. The number of nitrogens with zero attached hydrogens (tertiary/aromatic N) is 2. The first-order chi connectivity index (χ1) is 11.2. The van der Waals surface area contributed by atoms with Crippen LogP contribution in [0.5, 0.6) is 0 Å². The predicted octanol–water partition coefficient (Wildman–Crippen LogP) is 2.37. The van der Waals surface area contributed by atoms with Crippen molar-refractivity contribution in [1.29, 1.82) is 0 Å². The van der Waals surface area contributed by atoms with Gasteiger partial charge in [0.1, 0.15) is 5.82 Å². The molecule has 1 N–H and O–H groups in total. The molecule has 0 amide bonds. The van der Waals surface area contributed by atoms with Crippen molar-refractivity contribution in [2.24, 2.45) is 0 Å². The summed E-state index contributed by atoms with van der Waals surface area (Å²) < 4.78 is 6.07. The number of pyridine rings is 2. The first-order valence-electron chi connectivity index (χ1n) is 7.71. The number of carbonyl (C=O) groups is 1. The van der Waals surface area contributed by atoms with Crippen LogP contribution in [0.25, 0.3) is 5.69 Å². The zero-order chi connectivity index (χ0) is 16.2. The molecule has 0 saturated heterocycles. The Morgan fingerprint density at radius 3 is 2.70 bits per heavy atom. The number of aromatic nitrogens is 2. The van der Waals surface area contributed by atoms with Crippen molar-refractivity contribution in [3.63, 3.8) is 0 Å². The number of hydrogen-bond donors (Lipinski definition) is 1. The molecule has 0 aliphatic heterocycles. The highest BCUT2D eigenvalue weighted by atomic mass is 16.5. The molecule has 2 aromatic heterocycles. The Morgan fingerprint density at radius 1 is 1.26 bits per heavy atom. The minimum absolute atomic E-state index is 0.226. The molecule has 2 heterocycles. The number of methoxy groups -OCH3 is 1. The lowest BCUT2D eigenvalue weighted by atomic mass is 10.2. The predicted molar refractivity (Wildman–Crippen MR) is 87.1 cm³/mol. The van der Waals surface area contributed by atoms with Crippen LogP contribution in [0.3, 0.4) is 0 Å². The monoisotopic (exact) mass is 313 g/mol. The largest absolute Gasteiger partial charge is 0.465 e. The van der Waals surface area contributed by atoms with E-state index >= 15 is 0 Å². The van der Waals surface area contributed by atoms with Crippen LogP contribution in [0.15, 0.2) is 41.5 Å². The molecule has 0 spiro atoms. The molecular weight excluding hydrogens is 294 g/mol. The smallest absolute Gasteiger partial charge is 0.339 e. The van der Waals surface area contributed by atoms with Crippen molar-refractivity contribution in [3.05, 3.63) is 52.6 Å². The summed E-state index contributed by atoms with van der Waals surface area (Å²) in [6, 6.07) is 6.95. The van der Waals surface area contributed by atoms with E-state index in [1.54, 1.807) is 6.20 Å². The SMILES string of the molecule is COC(=O)c1ccc(=O)n(-c2ccc(NC3CCCC3)nc2)c1. The summed E-state index contributed by atoms with van der Waals surface area (Å²) in [5.74, 6) is 0.323. The average Bonchev–Trinajstić information content (AvgIpc) is 3.08. The van der Waals surface area contributed by atoms with Gasteiger partial charge >= 0.3 is 5.97 Å². The van der Waals surface area contributed by atoms with Gasteiger partial charge in [-0.1, -0.05) is 12.8 Å². The van der Waals surface area contributed by atoms with Gasteiger partial charge < -0.3 is 10.1 Å². The average molecular weight is 313 g/mol. The second kappa shape index (κ2) is 6.64. The fourth-order valence-electron chi connectivity index (χ4n) is 2.82. The first-order valence-corrected chi connectivity index (χ1v) is 7.71. The molecular formula is C17H19N3O3. The van der Waals surface area contributed by atoms with Gasteiger partial charge in [0.2, 0.25) is 0 Å². The van der Waals surface area contributed by atoms with Gasteiger partial charge in [-0.25, -0.2) is 9.78 Å². The highest BCUT2D eigenvalue weighted by Gasteiger charge is 2.15. The molecule has 0 unspecified atom stereocenters. The maximum Gasteiger partial charge on any atom is 0.339 e. The molecule has 1 aliphatic rings. The van der Waals surface area contributed by atoms with Gasteiger partial charge in [-0.05, 0) is 31.0 Å². The summed E-state index contributed by atoms with van der Waals surface area (Å²) in [5, 5.41) is 3.40. The lowest BCUT2D eigenvalue weighted by molar-refractivity contribution is 0.0600. The standard InChI is InChI=1S/C17H19N3O3/c1-23-17(22)12-6-9-16(21)20(11-12)14-7-8-15(18-10-14)19-13-4-2-3-5-13/h6-11,13H,2-5H2,1H3,(H,18,19). The van der Waals surface area contributed by atoms with Crippen LogP contribution in [-0.2, 0) is 4.74 Å². The number of nitrogens with one attached hydrogen (secondary N) is 1. The molecule has 0 bridgehead atoms. The Labute approximate surface area is 134 Å². The van der Waals surface area contributed by atoms with E-state index in [2.05, 4.69) is 15.0 Å². The molecule has 1 fully saturated rings. The van der Waals surface area contributed by atoms with E-state index in [9.17, 15) is 9.59 Å². The van der Waals surface area contributed by atoms with Crippen LogP contribution in [-0.4, -0.2) is 28.7 Å². The number of rotatable bonds is 4. The molecule has 3 rings (SSSR count). The van der Waals surface area contributed by atoms with Gasteiger partial charge in [-0.15, -0.1) is 0 Å². The fourth-order valence-corrected chi connectivity index (χ4v) is 2.82. The van der Waals surface area contributed by atoms with E-state index in [-0.39, 0.29) is 5.56 Å². The molecule has 6 nitrogen and oxygen atoms in total. The van der Waals surface area contributed by atoms with Crippen LogP contribution >= 0.6 is 0 Å². The third-order valence-corrected chi connectivity index (χ3v) is 4.07. The summed E-state index contributed by atoms with van der Waals surface area (Å²) >= 11 is 0. The molecule has 1 aliphatic carbocycles. The van der Waals surface area contributed by atoms with E-state index in [1.807, 2.05) is 12.1 Å². The van der Waals surface area contributed by atoms with Crippen molar-refractivity contribution in [2.75, 3.05) is 12.4 Å². The fraction of sp³-hybridized carbons (Fsp3) is 0.353. The Hall–Kier alpha value is -2.63. The van der Waals surface area contributed by atoms with Crippen LogP contribution in [0.1, 0.15) is 36.0 Å². The van der Waals surface area contributed by atoms with E-state index in [0.717, 1.165) is 5.82 Å². The van der Waals surface area contributed by atoms with Crippen LogP contribution < -0.4 is 10.9 Å². The van der Waals surface area contributed by atoms with Crippen molar-refractivity contribution in [2.45, 2.75) is 31.7 Å². The molecule has 0 aromatic carbocycles. The number of ether oxygens (including phenoxy) is 1. The van der Waals surface area contributed by atoms with Crippen molar-refractivity contribution in [1.82, 2.24) is 9.55 Å². The normalized spacial score (nSPS) is 14.7.